The van der Waals surface area contributed by atoms with E-state index in [2.05, 4.69) is 0 Å². The lowest BCUT2D eigenvalue weighted by Gasteiger charge is -2.20. The fourth-order valence-electron chi connectivity index (χ4n) is 0.150. The molecule has 6 nitrogen and oxygen atoms in total. The Morgan fingerprint density at radius 2 is 1.23 bits per heavy atom. The molecule has 0 unspecified atom stereocenters. The van der Waals surface area contributed by atoms with Crippen molar-refractivity contribution in [3.63, 3.8) is 0 Å². The maximum Gasteiger partial charge on any atom is 0.0856 e. The third-order valence-electron chi connectivity index (χ3n) is 1.17. The SMILES string of the molecule is CCCO.N.NC(CO)(CO)CO. The summed E-state index contributed by atoms with van der Waals surface area (Å²) in [6, 6.07) is 0. The maximum absolute atomic E-state index is 8.34. The quantitative estimate of drug-likeness (QED) is 0.315. The van der Waals surface area contributed by atoms with Gasteiger partial charge in [0.15, 0.2) is 0 Å². The van der Waals surface area contributed by atoms with Crippen LogP contribution in [0.3, 0.4) is 0 Å². The van der Waals surface area contributed by atoms with Gasteiger partial charge in [-0.1, -0.05) is 6.92 Å². The molecule has 0 rings (SSSR count). The lowest BCUT2D eigenvalue weighted by Crippen LogP contribution is -2.50. The Kier molecular flexibility index (Phi) is 16.8. The lowest BCUT2D eigenvalue weighted by molar-refractivity contribution is 0.0698. The molecule has 0 aliphatic carbocycles. The summed E-state index contributed by atoms with van der Waals surface area (Å²) in [5.41, 5.74) is 3.94. The maximum atomic E-state index is 8.34. The van der Waals surface area contributed by atoms with Crippen molar-refractivity contribution in [1.82, 2.24) is 6.15 Å². The Morgan fingerprint density at radius 3 is 1.23 bits per heavy atom. The number of hydrogen-bond acceptors (Lipinski definition) is 6. The first-order chi connectivity index (χ1) is 5.60. The van der Waals surface area contributed by atoms with Crippen LogP contribution in [0, 0.1) is 0 Å². The van der Waals surface area contributed by atoms with E-state index in [0.717, 1.165) is 6.42 Å². The highest BCUT2D eigenvalue weighted by molar-refractivity contribution is 4.80. The molecule has 0 fully saturated rings. The average molecular weight is 198 g/mol. The zero-order valence-electron chi connectivity index (χ0n) is 8.11. The molecule has 0 heterocycles. The molecule has 0 aliphatic rings. The van der Waals surface area contributed by atoms with Gasteiger partial charge in [0.05, 0.1) is 25.4 Å². The molecule has 9 N–H and O–H groups in total. The first-order valence-electron chi connectivity index (χ1n) is 3.82. The van der Waals surface area contributed by atoms with E-state index in [1.54, 1.807) is 0 Å². The summed E-state index contributed by atoms with van der Waals surface area (Å²) in [4.78, 5) is 0. The molecule has 0 aliphatic heterocycles. The highest BCUT2D eigenvalue weighted by Gasteiger charge is 2.20. The highest BCUT2D eigenvalue weighted by Crippen LogP contribution is 1.93. The number of rotatable bonds is 4. The van der Waals surface area contributed by atoms with Gasteiger partial charge in [-0.2, -0.15) is 0 Å². The van der Waals surface area contributed by atoms with Crippen molar-refractivity contribution in [2.75, 3.05) is 26.4 Å². The third-order valence-corrected chi connectivity index (χ3v) is 1.17. The van der Waals surface area contributed by atoms with E-state index in [-0.39, 0.29) is 6.15 Å². The van der Waals surface area contributed by atoms with Gasteiger partial charge < -0.3 is 32.3 Å². The summed E-state index contributed by atoms with van der Waals surface area (Å²) in [6.45, 7) is 1.04. The predicted molar refractivity (Wildman–Crippen MR) is 50.6 cm³/mol. The minimum absolute atomic E-state index is 0. The summed E-state index contributed by atoms with van der Waals surface area (Å²) < 4.78 is 0. The van der Waals surface area contributed by atoms with Crippen molar-refractivity contribution in [3.8, 4) is 0 Å². The minimum Gasteiger partial charge on any atom is -0.396 e. The van der Waals surface area contributed by atoms with Gasteiger partial charge in [-0.05, 0) is 6.42 Å². The van der Waals surface area contributed by atoms with Crippen LogP contribution in [0.5, 0.6) is 0 Å². The zero-order chi connectivity index (χ0) is 10.0. The monoisotopic (exact) mass is 198 g/mol. The Hall–Kier alpha value is -0.240. The summed E-state index contributed by atoms with van der Waals surface area (Å²) in [6.07, 6.45) is 0.875. The van der Waals surface area contributed by atoms with Gasteiger partial charge in [0.1, 0.15) is 0 Å². The first-order valence-corrected chi connectivity index (χ1v) is 3.82. The van der Waals surface area contributed by atoms with Crippen LogP contribution in [-0.2, 0) is 0 Å². The van der Waals surface area contributed by atoms with E-state index in [0.29, 0.717) is 6.61 Å². The smallest absolute Gasteiger partial charge is 0.0856 e. The molecule has 13 heavy (non-hydrogen) atoms. The van der Waals surface area contributed by atoms with Gasteiger partial charge in [-0.3, -0.25) is 0 Å². The molecule has 0 saturated carbocycles. The Labute approximate surface area is 78.6 Å². The van der Waals surface area contributed by atoms with Crippen molar-refractivity contribution in [2.24, 2.45) is 5.73 Å². The van der Waals surface area contributed by atoms with Crippen molar-refractivity contribution in [2.45, 2.75) is 18.9 Å². The molecule has 0 aromatic rings. The standard InChI is InChI=1S/C4H11NO3.C3H8O.H3N/c5-4(1-6,2-7)3-8;1-2-3-4;/h6-8H,1-3,5H2;4H,2-3H2,1H3;1H3. The van der Waals surface area contributed by atoms with Crippen LogP contribution >= 0.6 is 0 Å². The van der Waals surface area contributed by atoms with Gasteiger partial charge >= 0.3 is 0 Å². The average Bonchev–Trinajstić information content (AvgIpc) is 2.17. The molecule has 0 radical (unpaired) electrons. The van der Waals surface area contributed by atoms with Gasteiger partial charge in [-0.25, -0.2) is 0 Å². The summed E-state index contributed by atoms with van der Waals surface area (Å²) in [5, 5.41) is 32.9. The molecular formula is C7H22N2O4. The van der Waals surface area contributed by atoms with E-state index in [9.17, 15) is 0 Å². The normalized spacial score (nSPS) is 9.69. The lowest BCUT2D eigenvalue weighted by atomic mass is 10.1. The van der Waals surface area contributed by atoms with Crippen molar-refractivity contribution >= 4 is 0 Å². The van der Waals surface area contributed by atoms with E-state index < -0.39 is 25.4 Å². The summed E-state index contributed by atoms with van der Waals surface area (Å²) >= 11 is 0. The summed E-state index contributed by atoms with van der Waals surface area (Å²) in [5.74, 6) is 0. The molecule has 0 amide bonds. The third kappa shape index (κ3) is 11.8. The second kappa shape index (κ2) is 11.8. The van der Waals surface area contributed by atoms with Crippen LogP contribution in [0.25, 0.3) is 0 Å². The van der Waals surface area contributed by atoms with Crippen LogP contribution in [0.4, 0.5) is 0 Å². The molecular weight excluding hydrogens is 176 g/mol. The second-order valence-corrected chi connectivity index (χ2v) is 2.56. The van der Waals surface area contributed by atoms with Crippen molar-refractivity contribution < 1.29 is 20.4 Å². The van der Waals surface area contributed by atoms with E-state index in [1.165, 1.54) is 0 Å². The Morgan fingerprint density at radius 1 is 1.00 bits per heavy atom. The Balaban J connectivity index is -0.000000173. The van der Waals surface area contributed by atoms with Crippen LogP contribution in [0.1, 0.15) is 13.3 Å². The van der Waals surface area contributed by atoms with Gasteiger partial charge in [0.25, 0.3) is 0 Å². The second-order valence-electron chi connectivity index (χ2n) is 2.56. The fraction of sp³-hybridized carbons (Fsp3) is 1.00. The van der Waals surface area contributed by atoms with Crippen molar-refractivity contribution in [3.05, 3.63) is 0 Å². The first kappa shape index (κ1) is 18.5. The molecule has 0 bridgehead atoms. The minimum atomic E-state index is -1.21. The van der Waals surface area contributed by atoms with E-state index in [4.69, 9.17) is 26.2 Å². The van der Waals surface area contributed by atoms with E-state index in [1.807, 2.05) is 6.92 Å². The number of aliphatic hydroxyl groups is 4. The molecule has 0 aromatic carbocycles. The van der Waals surface area contributed by atoms with Crippen LogP contribution < -0.4 is 11.9 Å². The molecule has 0 atom stereocenters. The van der Waals surface area contributed by atoms with Crippen LogP contribution in [0.2, 0.25) is 0 Å². The topological polar surface area (TPSA) is 142 Å². The number of nitrogens with two attached hydrogens (primary N) is 1. The molecule has 0 spiro atoms. The summed E-state index contributed by atoms with van der Waals surface area (Å²) in [7, 11) is 0. The van der Waals surface area contributed by atoms with Gasteiger partial charge in [0, 0.05) is 6.61 Å². The number of hydrogen-bond donors (Lipinski definition) is 6. The zero-order valence-corrected chi connectivity index (χ0v) is 8.11. The largest absolute Gasteiger partial charge is 0.396 e. The van der Waals surface area contributed by atoms with E-state index >= 15 is 0 Å². The molecule has 0 aromatic heterocycles. The molecule has 6 heteroatoms. The molecule has 84 valence electrons. The van der Waals surface area contributed by atoms with Gasteiger partial charge in [-0.15, -0.1) is 0 Å². The van der Waals surface area contributed by atoms with Gasteiger partial charge in [0.2, 0.25) is 0 Å². The fourth-order valence-corrected chi connectivity index (χ4v) is 0.150. The predicted octanol–water partition coefficient (Wildman–Crippen LogP) is -1.79. The van der Waals surface area contributed by atoms with Crippen molar-refractivity contribution in [1.29, 1.82) is 0 Å². The number of aliphatic hydroxyl groups excluding tert-OH is 4. The highest BCUT2D eigenvalue weighted by atomic mass is 16.3. The van der Waals surface area contributed by atoms with Crippen LogP contribution in [0.15, 0.2) is 0 Å². The Bertz CT molecular complexity index is 78.3. The molecule has 0 saturated heterocycles. The van der Waals surface area contributed by atoms with Crippen LogP contribution in [-0.4, -0.2) is 52.4 Å².